The van der Waals surface area contributed by atoms with Gasteiger partial charge >= 0.3 is 0 Å². The van der Waals surface area contributed by atoms with Crippen LogP contribution in [-0.2, 0) is 4.79 Å². The fourth-order valence-corrected chi connectivity index (χ4v) is 4.88. The van der Waals surface area contributed by atoms with Gasteiger partial charge in [0, 0.05) is 5.92 Å². The van der Waals surface area contributed by atoms with Crippen molar-refractivity contribution in [3.63, 3.8) is 0 Å². The van der Waals surface area contributed by atoms with Crippen LogP contribution in [-0.4, -0.2) is 23.2 Å². The van der Waals surface area contributed by atoms with Crippen LogP contribution in [0.5, 0.6) is 5.75 Å². The predicted molar refractivity (Wildman–Crippen MR) is 132 cm³/mol. The third-order valence-corrected chi connectivity index (χ3v) is 6.53. The summed E-state index contributed by atoms with van der Waals surface area (Å²) in [5.74, 6) is -0.256. The van der Waals surface area contributed by atoms with E-state index in [1.54, 1.807) is 24.3 Å². The quantitative estimate of drug-likeness (QED) is 0.427. The monoisotopic (exact) mass is 472 g/mol. The number of carbonyl (C=O) groups is 1. The van der Waals surface area contributed by atoms with Crippen molar-refractivity contribution in [2.75, 3.05) is 6.61 Å². The van der Waals surface area contributed by atoms with Gasteiger partial charge in [-0.15, -0.1) is 0 Å². The minimum Gasteiger partial charge on any atom is -0.484 e. The molecule has 178 valence electrons. The van der Waals surface area contributed by atoms with Gasteiger partial charge in [-0.1, -0.05) is 36.4 Å². The van der Waals surface area contributed by atoms with E-state index in [0.29, 0.717) is 5.75 Å². The Morgan fingerprint density at radius 2 is 1.77 bits per heavy atom. The number of amides is 1. The van der Waals surface area contributed by atoms with Crippen LogP contribution in [0.2, 0.25) is 0 Å². The Bertz CT molecular complexity index is 1280. The molecule has 1 amide bonds. The Labute approximate surface area is 203 Å². The van der Waals surface area contributed by atoms with Gasteiger partial charge in [-0.25, -0.2) is 13.8 Å². The van der Waals surface area contributed by atoms with Crippen LogP contribution >= 0.6 is 0 Å². The van der Waals surface area contributed by atoms with Gasteiger partial charge in [-0.2, -0.15) is 5.10 Å². The van der Waals surface area contributed by atoms with Crippen LogP contribution in [0, 0.1) is 24.5 Å². The summed E-state index contributed by atoms with van der Waals surface area (Å²) < 4.78 is 32.8. The number of ether oxygens (including phenoxy) is 1. The van der Waals surface area contributed by atoms with Crippen LogP contribution in [0.15, 0.2) is 83.5 Å². The van der Waals surface area contributed by atoms with Crippen LogP contribution in [0.4, 0.5) is 8.78 Å². The lowest BCUT2D eigenvalue weighted by Gasteiger charge is -2.29. The Balaban J connectivity index is 1.46. The van der Waals surface area contributed by atoms with Crippen molar-refractivity contribution < 1.29 is 18.3 Å². The van der Waals surface area contributed by atoms with Crippen molar-refractivity contribution in [2.24, 2.45) is 11.0 Å². The number of carbonyl (C=O) groups excluding carboxylic acids is 1. The van der Waals surface area contributed by atoms with E-state index in [2.05, 4.69) is 0 Å². The molecular weight excluding hydrogens is 446 g/mol. The summed E-state index contributed by atoms with van der Waals surface area (Å²) in [4.78, 5) is 13.4. The highest BCUT2D eigenvalue weighted by Crippen LogP contribution is 2.44. The van der Waals surface area contributed by atoms with Gasteiger partial charge in [0.1, 0.15) is 17.4 Å². The smallest absolute Gasteiger partial charge is 0.281 e. The molecule has 6 heteroatoms. The molecule has 1 heterocycles. The molecule has 1 saturated carbocycles. The molecule has 4 nitrogen and oxygen atoms in total. The molecule has 5 rings (SSSR count). The van der Waals surface area contributed by atoms with Gasteiger partial charge in [-0.05, 0) is 90.9 Å². The van der Waals surface area contributed by atoms with E-state index in [0.717, 1.165) is 47.2 Å². The average Bonchev–Trinajstić information content (AvgIpc) is 3.25. The molecule has 2 unspecified atom stereocenters. The van der Waals surface area contributed by atoms with E-state index >= 15 is 0 Å². The molecule has 0 aromatic heterocycles. The summed E-state index contributed by atoms with van der Waals surface area (Å²) in [6, 6.07) is 19.8. The number of rotatable bonds is 5. The van der Waals surface area contributed by atoms with Gasteiger partial charge in [0.2, 0.25) is 0 Å². The first-order valence-electron chi connectivity index (χ1n) is 11.8. The van der Waals surface area contributed by atoms with Crippen molar-refractivity contribution in [3.8, 4) is 5.75 Å². The first kappa shape index (κ1) is 23.0. The zero-order valence-electron chi connectivity index (χ0n) is 19.5. The standard InChI is InChI=1S/C29H26F2N2O2/c1-19-4-2-6-25(16-19)35-18-27(34)33-29(21-10-14-24(31)15-11-21)26-7-3-5-22(28(26)32-33)17-20-8-12-23(30)13-9-20/h2,4,6,8-17,26,29H,3,5,7,18H2,1H3/b22-17+. The van der Waals surface area contributed by atoms with Crippen molar-refractivity contribution in [2.45, 2.75) is 32.2 Å². The normalized spacial score (nSPS) is 20.5. The van der Waals surface area contributed by atoms with Gasteiger partial charge in [0.25, 0.3) is 5.91 Å². The maximum absolute atomic E-state index is 13.7. The summed E-state index contributed by atoms with van der Waals surface area (Å²) >= 11 is 0. The summed E-state index contributed by atoms with van der Waals surface area (Å²) in [5, 5.41) is 6.31. The third-order valence-electron chi connectivity index (χ3n) is 6.53. The molecule has 0 spiro atoms. The van der Waals surface area contributed by atoms with Gasteiger partial charge in [-0.3, -0.25) is 4.79 Å². The molecule has 1 aliphatic carbocycles. The maximum Gasteiger partial charge on any atom is 0.281 e. The summed E-state index contributed by atoms with van der Waals surface area (Å²) in [5.41, 5.74) is 4.66. The van der Waals surface area contributed by atoms with E-state index < -0.39 is 0 Å². The molecule has 35 heavy (non-hydrogen) atoms. The molecule has 0 saturated heterocycles. The van der Waals surface area contributed by atoms with E-state index in [9.17, 15) is 13.6 Å². The number of aryl methyl sites for hydroxylation is 1. The largest absolute Gasteiger partial charge is 0.484 e. The number of nitrogens with zero attached hydrogens (tertiary/aromatic N) is 2. The van der Waals surface area contributed by atoms with Crippen molar-refractivity contribution in [3.05, 3.63) is 107 Å². The first-order chi connectivity index (χ1) is 17.0. The molecule has 2 aliphatic rings. The van der Waals surface area contributed by atoms with Crippen molar-refractivity contribution in [1.29, 1.82) is 0 Å². The van der Waals surface area contributed by atoms with Gasteiger partial charge in [0.05, 0.1) is 11.8 Å². The van der Waals surface area contributed by atoms with Crippen LogP contribution in [0.25, 0.3) is 6.08 Å². The molecule has 2 atom stereocenters. The SMILES string of the molecule is Cc1cccc(OCC(=O)N2N=C3/C(=C/c4ccc(F)cc4)CCCC3C2c2ccc(F)cc2)c1. The lowest BCUT2D eigenvalue weighted by molar-refractivity contribution is -0.135. The van der Waals surface area contributed by atoms with Gasteiger partial charge in [0.15, 0.2) is 6.61 Å². The van der Waals surface area contributed by atoms with E-state index in [-0.39, 0.29) is 36.1 Å². The summed E-state index contributed by atoms with van der Waals surface area (Å²) in [6.45, 7) is 1.81. The predicted octanol–water partition coefficient (Wildman–Crippen LogP) is 6.48. The average molecular weight is 473 g/mol. The highest BCUT2D eigenvalue weighted by atomic mass is 19.1. The Kier molecular flexibility index (Phi) is 6.45. The molecule has 3 aromatic rings. The number of hydrogen-bond acceptors (Lipinski definition) is 3. The molecule has 1 aliphatic heterocycles. The Morgan fingerprint density at radius 3 is 2.49 bits per heavy atom. The number of benzene rings is 3. The molecule has 1 fully saturated rings. The highest BCUT2D eigenvalue weighted by molar-refractivity contribution is 6.08. The third kappa shape index (κ3) is 5.02. The summed E-state index contributed by atoms with van der Waals surface area (Å²) in [7, 11) is 0. The zero-order valence-corrected chi connectivity index (χ0v) is 19.5. The fraction of sp³-hybridized carbons (Fsp3) is 0.241. The van der Waals surface area contributed by atoms with E-state index in [1.165, 1.54) is 29.3 Å². The number of halogens is 2. The van der Waals surface area contributed by atoms with Crippen molar-refractivity contribution in [1.82, 2.24) is 5.01 Å². The van der Waals surface area contributed by atoms with Crippen LogP contribution in [0.1, 0.15) is 42.0 Å². The van der Waals surface area contributed by atoms with Gasteiger partial charge < -0.3 is 4.74 Å². The number of hydrazone groups is 1. The second-order valence-electron chi connectivity index (χ2n) is 9.04. The molecule has 0 bridgehead atoms. The first-order valence-corrected chi connectivity index (χ1v) is 11.8. The van der Waals surface area contributed by atoms with E-state index in [4.69, 9.17) is 9.84 Å². The van der Waals surface area contributed by atoms with E-state index in [1.807, 2.05) is 37.3 Å². The van der Waals surface area contributed by atoms with Crippen molar-refractivity contribution >= 4 is 17.7 Å². The number of hydrogen-bond donors (Lipinski definition) is 0. The maximum atomic E-state index is 13.7. The molecule has 0 radical (unpaired) electrons. The lowest BCUT2D eigenvalue weighted by Crippen LogP contribution is -2.34. The van der Waals surface area contributed by atoms with Crippen LogP contribution < -0.4 is 4.74 Å². The minimum absolute atomic E-state index is 0.0103. The highest BCUT2D eigenvalue weighted by Gasteiger charge is 2.43. The molecular formula is C29H26F2N2O2. The number of fused-ring (bicyclic) bond motifs is 1. The second kappa shape index (κ2) is 9.82. The Morgan fingerprint density at radius 1 is 1.06 bits per heavy atom. The molecule has 0 N–H and O–H groups in total. The lowest BCUT2D eigenvalue weighted by atomic mass is 9.77. The zero-order chi connectivity index (χ0) is 24.4. The summed E-state index contributed by atoms with van der Waals surface area (Å²) in [6.07, 6.45) is 4.65. The second-order valence-corrected chi connectivity index (χ2v) is 9.04. The Hall–Kier alpha value is -3.80. The topological polar surface area (TPSA) is 41.9 Å². The fourth-order valence-electron chi connectivity index (χ4n) is 4.88. The van der Waals surface area contributed by atoms with Crippen LogP contribution in [0.3, 0.4) is 0 Å². The number of allylic oxidation sites excluding steroid dienone is 1. The minimum atomic E-state index is -0.337. The molecule has 3 aromatic carbocycles.